The molecule has 11 heavy (non-hydrogen) atoms. The van der Waals surface area contributed by atoms with Gasteiger partial charge in [-0.05, 0) is 19.8 Å². The van der Waals surface area contributed by atoms with Crippen LogP contribution in [0.3, 0.4) is 0 Å². The van der Waals surface area contributed by atoms with Crippen LogP contribution in [0.4, 0.5) is 5.69 Å². The Morgan fingerprint density at radius 3 is 2.82 bits per heavy atom. The molecule has 0 saturated heterocycles. The molecule has 1 heterocycles. The Morgan fingerprint density at radius 2 is 2.27 bits per heavy atom. The molecule has 0 spiro atoms. The zero-order valence-corrected chi connectivity index (χ0v) is 6.54. The number of hydrogen-bond donors (Lipinski definition) is 1. The van der Waals surface area contributed by atoms with Crippen molar-refractivity contribution in [1.29, 1.82) is 0 Å². The van der Waals surface area contributed by atoms with Crippen LogP contribution in [-0.2, 0) is 0 Å². The molecular weight excluding hydrogens is 138 g/mol. The maximum Gasteiger partial charge on any atom is 0.131 e. The van der Waals surface area contributed by atoms with Gasteiger partial charge in [0.05, 0.1) is 17.6 Å². The summed E-state index contributed by atoms with van der Waals surface area (Å²) >= 11 is 0. The van der Waals surface area contributed by atoms with Gasteiger partial charge >= 0.3 is 0 Å². The van der Waals surface area contributed by atoms with E-state index in [1.807, 2.05) is 6.92 Å². The molecule has 3 nitrogen and oxygen atoms in total. The average Bonchev–Trinajstić information content (AvgIpc) is 2.77. The molecule has 1 fully saturated rings. The summed E-state index contributed by atoms with van der Waals surface area (Å²) in [5, 5.41) is 0. The summed E-state index contributed by atoms with van der Waals surface area (Å²) in [7, 11) is 0. The highest BCUT2D eigenvalue weighted by Gasteiger charge is 2.26. The molecule has 0 unspecified atom stereocenters. The van der Waals surface area contributed by atoms with E-state index in [2.05, 4.69) is 9.97 Å². The lowest BCUT2D eigenvalue weighted by molar-refractivity contribution is 0.909. The van der Waals surface area contributed by atoms with Gasteiger partial charge in [-0.3, -0.25) is 0 Å². The van der Waals surface area contributed by atoms with Crippen molar-refractivity contribution in [3.05, 3.63) is 17.7 Å². The Bertz CT molecular complexity index is 279. The fourth-order valence-electron chi connectivity index (χ4n) is 1.03. The van der Waals surface area contributed by atoms with Gasteiger partial charge < -0.3 is 5.73 Å². The van der Waals surface area contributed by atoms with Crippen molar-refractivity contribution >= 4 is 5.69 Å². The Hall–Kier alpha value is -1.12. The molecule has 58 valence electrons. The van der Waals surface area contributed by atoms with Crippen LogP contribution in [0.2, 0.25) is 0 Å². The molecule has 1 aliphatic rings. The van der Waals surface area contributed by atoms with Crippen LogP contribution in [0.1, 0.15) is 30.3 Å². The number of rotatable bonds is 1. The van der Waals surface area contributed by atoms with E-state index in [1.54, 1.807) is 6.20 Å². The van der Waals surface area contributed by atoms with E-state index in [1.165, 1.54) is 12.8 Å². The molecule has 1 saturated carbocycles. The second kappa shape index (κ2) is 2.19. The number of hydrogen-bond acceptors (Lipinski definition) is 3. The first kappa shape index (κ1) is 6.58. The van der Waals surface area contributed by atoms with Crippen molar-refractivity contribution in [2.45, 2.75) is 25.7 Å². The lowest BCUT2D eigenvalue weighted by atomic mass is 10.3. The van der Waals surface area contributed by atoms with Crippen molar-refractivity contribution in [1.82, 2.24) is 9.97 Å². The Morgan fingerprint density at radius 1 is 1.55 bits per heavy atom. The number of nitrogen functional groups attached to an aromatic ring is 1. The van der Waals surface area contributed by atoms with Crippen LogP contribution in [-0.4, -0.2) is 9.97 Å². The van der Waals surface area contributed by atoms with E-state index < -0.39 is 0 Å². The third kappa shape index (κ3) is 1.18. The highest BCUT2D eigenvalue weighted by atomic mass is 14.9. The second-order valence-corrected chi connectivity index (χ2v) is 3.04. The molecule has 0 radical (unpaired) electrons. The van der Waals surface area contributed by atoms with Gasteiger partial charge in [-0.25, -0.2) is 9.97 Å². The predicted molar refractivity (Wildman–Crippen MR) is 43.2 cm³/mol. The summed E-state index contributed by atoms with van der Waals surface area (Å²) in [5.41, 5.74) is 7.18. The summed E-state index contributed by atoms with van der Waals surface area (Å²) in [5.74, 6) is 1.59. The first-order chi connectivity index (χ1) is 5.27. The van der Waals surface area contributed by atoms with Gasteiger partial charge in [0.15, 0.2) is 0 Å². The van der Waals surface area contributed by atoms with E-state index in [0.29, 0.717) is 11.6 Å². The van der Waals surface area contributed by atoms with Crippen LogP contribution in [0.15, 0.2) is 6.20 Å². The van der Waals surface area contributed by atoms with Crippen molar-refractivity contribution in [2.24, 2.45) is 0 Å². The topological polar surface area (TPSA) is 51.8 Å². The van der Waals surface area contributed by atoms with Crippen LogP contribution < -0.4 is 5.73 Å². The van der Waals surface area contributed by atoms with Gasteiger partial charge in [-0.2, -0.15) is 0 Å². The van der Waals surface area contributed by atoms with E-state index in [9.17, 15) is 0 Å². The average molecular weight is 149 g/mol. The molecule has 1 aliphatic carbocycles. The fourth-order valence-corrected chi connectivity index (χ4v) is 1.03. The van der Waals surface area contributed by atoms with E-state index in [0.717, 1.165) is 11.5 Å². The molecule has 3 heteroatoms. The van der Waals surface area contributed by atoms with Gasteiger partial charge in [0.1, 0.15) is 5.82 Å². The van der Waals surface area contributed by atoms with Gasteiger partial charge in [0, 0.05) is 5.92 Å². The van der Waals surface area contributed by atoms with Crippen LogP contribution >= 0.6 is 0 Å². The van der Waals surface area contributed by atoms with Gasteiger partial charge in [0.2, 0.25) is 0 Å². The number of aryl methyl sites for hydroxylation is 1. The van der Waals surface area contributed by atoms with Crippen molar-refractivity contribution in [3.63, 3.8) is 0 Å². The molecule has 0 atom stereocenters. The minimum absolute atomic E-state index is 0.620. The minimum atomic E-state index is 0.620. The molecule has 0 bridgehead atoms. The van der Waals surface area contributed by atoms with Crippen LogP contribution in [0.5, 0.6) is 0 Å². The van der Waals surface area contributed by atoms with Crippen LogP contribution in [0.25, 0.3) is 0 Å². The molecule has 1 aromatic rings. The number of anilines is 1. The quantitative estimate of drug-likeness (QED) is 0.653. The summed E-state index contributed by atoms with van der Waals surface area (Å²) in [6.45, 7) is 1.92. The molecule has 0 aromatic carbocycles. The number of nitrogens with zero attached hydrogens (tertiary/aromatic N) is 2. The minimum Gasteiger partial charge on any atom is -0.396 e. The SMILES string of the molecule is Cc1nc(C2CC2)ncc1N. The summed E-state index contributed by atoms with van der Waals surface area (Å²) in [6.07, 6.45) is 4.18. The molecule has 0 aliphatic heterocycles. The lowest BCUT2D eigenvalue weighted by Crippen LogP contribution is -1.99. The van der Waals surface area contributed by atoms with Crippen molar-refractivity contribution in [2.75, 3.05) is 5.73 Å². The Labute approximate surface area is 65.7 Å². The first-order valence-electron chi connectivity index (χ1n) is 3.86. The number of aromatic nitrogens is 2. The molecule has 2 N–H and O–H groups in total. The normalized spacial score (nSPS) is 16.8. The number of nitrogens with two attached hydrogens (primary N) is 1. The highest BCUT2D eigenvalue weighted by molar-refractivity contribution is 5.39. The maximum atomic E-state index is 5.58. The third-order valence-electron chi connectivity index (χ3n) is 1.98. The zero-order chi connectivity index (χ0) is 7.84. The summed E-state index contributed by atoms with van der Waals surface area (Å²) in [4.78, 5) is 8.46. The van der Waals surface area contributed by atoms with Crippen molar-refractivity contribution < 1.29 is 0 Å². The largest absolute Gasteiger partial charge is 0.396 e. The maximum absolute atomic E-state index is 5.58. The molecular formula is C8H11N3. The highest BCUT2D eigenvalue weighted by Crippen LogP contribution is 2.37. The Balaban J connectivity index is 2.36. The predicted octanol–water partition coefficient (Wildman–Crippen LogP) is 1.24. The monoisotopic (exact) mass is 149 g/mol. The molecule has 2 rings (SSSR count). The van der Waals surface area contributed by atoms with Crippen molar-refractivity contribution in [3.8, 4) is 0 Å². The third-order valence-corrected chi connectivity index (χ3v) is 1.98. The molecule has 1 aromatic heterocycles. The van der Waals surface area contributed by atoms with E-state index >= 15 is 0 Å². The first-order valence-corrected chi connectivity index (χ1v) is 3.86. The standard InChI is InChI=1S/C8H11N3/c1-5-7(9)4-10-8(11-5)6-2-3-6/h4,6H,2-3,9H2,1H3. The second-order valence-electron chi connectivity index (χ2n) is 3.04. The Kier molecular flexibility index (Phi) is 1.31. The van der Waals surface area contributed by atoms with Crippen LogP contribution in [0, 0.1) is 6.92 Å². The van der Waals surface area contributed by atoms with Gasteiger partial charge in [-0.15, -0.1) is 0 Å². The smallest absolute Gasteiger partial charge is 0.131 e. The van der Waals surface area contributed by atoms with Gasteiger partial charge in [0.25, 0.3) is 0 Å². The van der Waals surface area contributed by atoms with E-state index in [-0.39, 0.29) is 0 Å². The zero-order valence-electron chi connectivity index (χ0n) is 6.54. The van der Waals surface area contributed by atoms with Gasteiger partial charge in [-0.1, -0.05) is 0 Å². The molecule has 0 amide bonds. The summed E-state index contributed by atoms with van der Waals surface area (Å²) in [6, 6.07) is 0. The lowest BCUT2D eigenvalue weighted by Gasteiger charge is -2.00. The fraction of sp³-hybridized carbons (Fsp3) is 0.500. The summed E-state index contributed by atoms with van der Waals surface area (Å²) < 4.78 is 0. The van der Waals surface area contributed by atoms with E-state index in [4.69, 9.17) is 5.73 Å².